The molecule has 0 saturated heterocycles. The maximum absolute atomic E-state index is 14.2. The summed E-state index contributed by atoms with van der Waals surface area (Å²) >= 11 is 0. The summed E-state index contributed by atoms with van der Waals surface area (Å²) in [5.74, 6) is -1.30. The van der Waals surface area contributed by atoms with Gasteiger partial charge in [0.2, 0.25) is 0 Å². The first-order valence-corrected chi connectivity index (χ1v) is 12.4. The number of ether oxygens (including phenoxy) is 1. The normalized spacial score (nSPS) is 12.8. The number of carbonyl (C=O) groups is 1. The number of esters is 1. The highest BCUT2D eigenvalue weighted by atomic mass is 32.2. The van der Waals surface area contributed by atoms with Crippen LogP contribution < -0.4 is 0 Å². The van der Waals surface area contributed by atoms with Crippen molar-refractivity contribution in [3.05, 3.63) is 113 Å². The molecule has 1 unspecified atom stereocenters. The SMILES string of the molecule is COC(=O)c1c(C(F)(F)F)[nH]c(-c2ccccc2)c1C(c1ccccc1)S(=O)(=O)c1ccc(C)cc1. The van der Waals surface area contributed by atoms with E-state index in [4.69, 9.17) is 4.74 Å². The molecule has 0 saturated carbocycles. The molecule has 3 aromatic carbocycles. The zero-order valence-electron chi connectivity index (χ0n) is 19.3. The first-order valence-electron chi connectivity index (χ1n) is 10.9. The third-order valence-corrected chi connectivity index (χ3v) is 7.86. The monoisotopic (exact) mass is 513 g/mol. The Bertz CT molecular complexity index is 1480. The summed E-state index contributed by atoms with van der Waals surface area (Å²) in [7, 11) is -3.39. The van der Waals surface area contributed by atoms with Gasteiger partial charge in [0.25, 0.3) is 0 Å². The Balaban J connectivity index is 2.16. The molecule has 0 aliphatic rings. The van der Waals surface area contributed by atoms with E-state index in [0.717, 1.165) is 12.7 Å². The number of hydrogen-bond donors (Lipinski definition) is 1. The number of aromatic amines is 1. The fourth-order valence-corrected chi connectivity index (χ4v) is 5.98. The molecule has 0 bridgehead atoms. The van der Waals surface area contributed by atoms with Crippen LogP contribution in [0.1, 0.15) is 38.0 Å². The highest BCUT2D eigenvalue weighted by Gasteiger charge is 2.45. The summed E-state index contributed by atoms with van der Waals surface area (Å²) in [6.45, 7) is 1.79. The minimum Gasteiger partial charge on any atom is -0.465 e. The zero-order chi connectivity index (χ0) is 26.1. The van der Waals surface area contributed by atoms with Crippen LogP contribution in [0.3, 0.4) is 0 Å². The number of hydrogen-bond acceptors (Lipinski definition) is 4. The van der Waals surface area contributed by atoms with Gasteiger partial charge in [-0.3, -0.25) is 0 Å². The molecule has 0 aliphatic carbocycles. The van der Waals surface area contributed by atoms with Gasteiger partial charge in [0.05, 0.1) is 23.3 Å². The van der Waals surface area contributed by atoms with Crippen LogP contribution in [0.25, 0.3) is 11.3 Å². The lowest BCUT2D eigenvalue weighted by molar-refractivity contribution is -0.141. The molecule has 36 heavy (non-hydrogen) atoms. The van der Waals surface area contributed by atoms with Crippen molar-refractivity contribution in [1.29, 1.82) is 0 Å². The molecule has 4 rings (SSSR count). The summed E-state index contributed by atoms with van der Waals surface area (Å²) in [5.41, 5.74) is -1.40. The van der Waals surface area contributed by atoms with Crippen LogP contribution in [0.5, 0.6) is 0 Å². The molecule has 1 N–H and O–H groups in total. The van der Waals surface area contributed by atoms with Crippen LogP contribution in [-0.4, -0.2) is 26.5 Å². The quantitative estimate of drug-likeness (QED) is 0.305. The molecule has 0 aliphatic heterocycles. The van der Waals surface area contributed by atoms with Crippen LogP contribution in [0.15, 0.2) is 89.8 Å². The van der Waals surface area contributed by atoms with Crippen LogP contribution in [0.2, 0.25) is 0 Å². The van der Waals surface area contributed by atoms with E-state index in [1.807, 2.05) is 0 Å². The third-order valence-electron chi connectivity index (χ3n) is 5.80. The van der Waals surface area contributed by atoms with Crippen molar-refractivity contribution in [1.82, 2.24) is 4.98 Å². The molecule has 0 spiro atoms. The lowest BCUT2D eigenvalue weighted by atomic mass is 9.96. The lowest BCUT2D eigenvalue weighted by Gasteiger charge is -2.21. The minimum absolute atomic E-state index is 0.0912. The van der Waals surface area contributed by atoms with E-state index in [1.54, 1.807) is 55.5 Å². The molecule has 1 atom stereocenters. The van der Waals surface area contributed by atoms with Gasteiger partial charge in [-0.25, -0.2) is 13.2 Å². The average molecular weight is 514 g/mol. The topological polar surface area (TPSA) is 76.2 Å². The van der Waals surface area contributed by atoms with Gasteiger partial charge in [-0.1, -0.05) is 78.4 Å². The van der Waals surface area contributed by atoms with Crippen molar-refractivity contribution in [2.75, 3.05) is 7.11 Å². The van der Waals surface area contributed by atoms with E-state index in [0.29, 0.717) is 0 Å². The van der Waals surface area contributed by atoms with Crippen molar-refractivity contribution in [2.45, 2.75) is 23.2 Å². The van der Waals surface area contributed by atoms with Crippen molar-refractivity contribution in [3.63, 3.8) is 0 Å². The predicted octanol–water partition coefficient (Wildman–Crippen LogP) is 6.36. The minimum atomic E-state index is -4.99. The number of aryl methyl sites for hydroxylation is 1. The van der Waals surface area contributed by atoms with Gasteiger partial charge in [-0.05, 0) is 30.2 Å². The lowest BCUT2D eigenvalue weighted by Crippen LogP contribution is -2.20. The predicted molar refractivity (Wildman–Crippen MR) is 129 cm³/mol. The van der Waals surface area contributed by atoms with Crippen molar-refractivity contribution < 1.29 is 31.1 Å². The molecule has 4 aromatic rings. The maximum atomic E-state index is 14.2. The maximum Gasteiger partial charge on any atom is 0.432 e. The molecule has 186 valence electrons. The molecule has 5 nitrogen and oxygen atoms in total. The van der Waals surface area contributed by atoms with Crippen LogP contribution in [0, 0.1) is 6.92 Å². The Morgan fingerprint density at radius 2 is 1.44 bits per heavy atom. The van der Waals surface area contributed by atoms with Crippen LogP contribution in [-0.2, 0) is 20.8 Å². The van der Waals surface area contributed by atoms with Crippen LogP contribution in [0.4, 0.5) is 13.2 Å². The second-order valence-corrected chi connectivity index (χ2v) is 10.2. The Morgan fingerprint density at radius 1 is 0.889 bits per heavy atom. The summed E-state index contributed by atoms with van der Waals surface area (Å²) in [4.78, 5) is 15.1. The standard InChI is InChI=1S/C27H22F3NO4S/c1-17-13-15-20(16-14-17)36(33,34)24(19-11-7-4-8-12-19)21-22(26(32)35-2)25(27(28,29)30)31-23(21)18-9-5-3-6-10-18/h3-16,24,31H,1-2H3. The smallest absolute Gasteiger partial charge is 0.432 e. The second kappa shape index (κ2) is 9.66. The number of nitrogens with one attached hydrogen (secondary N) is 1. The van der Waals surface area contributed by atoms with Crippen molar-refractivity contribution in [2.24, 2.45) is 0 Å². The largest absolute Gasteiger partial charge is 0.465 e. The average Bonchev–Trinajstić information content (AvgIpc) is 3.25. The number of halogens is 3. The fraction of sp³-hybridized carbons (Fsp3) is 0.148. The summed E-state index contributed by atoms with van der Waals surface area (Å²) in [5, 5.41) is -1.64. The van der Waals surface area contributed by atoms with Gasteiger partial charge >= 0.3 is 12.1 Å². The van der Waals surface area contributed by atoms with Gasteiger partial charge in [-0.2, -0.15) is 13.2 Å². The van der Waals surface area contributed by atoms with E-state index < -0.39 is 38.5 Å². The Morgan fingerprint density at radius 3 is 1.97 bits per heavy atom. The number of aromatic nitrogens is 1. The van der Waals surface area contributed by atoms with Gasteiger partial charge < -0.3 is 9.72 Å². The highest BCUT2D eigenvalue weighted by molar-refractivity contribution is 7.92. The molecule has 0 radical (unpaired) electrons. The van der Waals surface area contributed by atoms with Gasteiger partial charge in [0.15, 0.2) is 9.84 Å². The number of sulfone groups is 1. The first kappa shape index (κ1) is 25.2. The van der Waals surface area contributed by atoms with Gasteiger partial charge in [-0.15, -0.1) is 0 Å². The summed E-state index contributed by atoms with van der Waals surface area (Å²) in [6, 6.07) is 21.8. The number of H-pyrrole nitrogens is 1. The molecule has 0 fully saturated rings. The first-order chi connectivity index (χ1) is 17.1. The zero-order valence-corrected chi connectivity index (χ0v) is 20.2. The number of methoxy groups -OCH3 is 1. The Labute approximate surface area is 206 Å². The molecular weight excluding hydrogens is 491 g/mol. The summed E-state index contributed by atoms with van der Waals surface area (Å²) in [6.07, 6.45) is -4.99. The van der Waals surface area contributed by atoms with Gasteiger partial charge in [0.1, 0.15) is 10.9 Å². The molecular formula is C27H22F3NO4S. The summed E-state index contributed by atoms with van der Waals surface area (Å²) < 4.78 is 75.5. The van der Waals surface area contributed by atoms with E-state index in [-0.39, 0.29) is 27.3 Å². The number of alkyl halides is 3. The molecule has 1 aromatic heterocycles. The molecule has 1 heterocycles. The highest BCUT2D eigenvalue weighted by Crippen LogP contribution is 2.46. The molecule has 0 amide bonds. The second-order valence-electron chi connectivity index (χ2n) is 8.17. The van der Waals surface area contributed by atoms with E-state index in [2.05, 4.69) is 4.98 Å². The Hall–Kier alpha value is -3.85. The number of benzene rings is 3. The third kappa shape index (κ3) is 4.66. The van der Waals surface area contributed by atoms with Crippen molar-refractivity contribution >= 4 is 15.8 Å². The van der Waals surface area contributed by atoms with Crippen LogP contribution >= 0.6 is 0 Å². The number of rotatable bonds is 6. The fourth-order valence-electron chi connectivity index (χ4n) is 4.13. The molecule has 9 heteroatoms. The van der Waals surface area contributed by atoms with Gasteiger partial charge in [0, 0.05) is 5.56 Å². The Kier molecular flexibility index (Phi) is 6.77. The van der Waals surface area contributed by atoms with E-state index >= 15 is 0 Å². The van der Waals surface area contributed by atoms with Crippen molar-refractivity contribution in [3.8, 4) is 11.3 Å². The number of carbonyl (C=O) groups excluding carboxylic acids is 1. The van der Waals surface area contributed by atoms with E-state index in [9.17, 15) is 26.4 Å². The van der Waals surface area contributed by atoms with E-state index in [1.165, 1.54) is 36.4 Å².